The van der Waals surface area contributed by atoms with Crippen molar-refractivity contribution in [3.63, 3.8) is 0 Å². The predicted molar refractivity (Wildman–Crippen MR) is 73.0 cm³/mol. The van der Waals surface area contributed by atoms with E-state index in [1.54, 1.807) is 24.3 Å². The van der Waals surface area contributed by atoms with Crippen LogP contribution in [0.25, 0.3) is 0 Å². The molecule has 2 aromatic rings. The van der Waals surface area contributed by atoms with Gasteiger partial charge in [0.2, 0.25) is 0 Å². The number of hydrogen-bond acceptors (Lipinski definition) is 2. The summed E-state index contributed by atoms with van der Waals surface area (Å²) in [7, 11) is 0. The van der Waals surface area contributed by atoms with Gasteiger partial charge in [-0.1, -0.05) is 23.7 Å². The Bertz CT molecular complexity index is 590. The van der Waals surface area contributed by atoms with E-state index in [9.17, 15) is 13.9 Å². The van der Waals surface area contributed by atoms with Gasteiger partial charge in [0.15, 0.2) is 0 Å². The first-order valence-corrected chi connectivity index (χ1v) is 6.43. The maximum absolute atomic E-state index is 13.4. The molecule has 20 heavy (non-hydrogen) atoms. The van der Waals surface area contributed by atoms with E-state index in [4.69, 9.17) is 16.3 Å². The van der Waals surface area contributed by atoms with Crippen LogP contribution in [0.15, 0.2) is 42.5 Å². The van der Waals surface area contributed by atoms with Crippen molar-refractivity contribution in [3.05, 3.63) is 64.7 Å². The Labute approximate surface area is 120 Å². The molecule has 0 aromatic heterocycles. The lowest BCUT2D eigenvalue weighted by Gasteiger charge is -2.13. The molecule has 1 atom stereocenters. The van der Waals surface area contributed by atoms with Gasteiger partial charge < -0.3 is 9.84 Å². The number of rotatable bonds is 5. The molecule has 2 nitrogen and oxygen atoms in total. The number of benzene rings is 2. The third-order valence-corrected chi connectivity index (χ3v) is 2.94. The zero-order valence-electron chi connectivity index (χ0n) is 10.5. The number of halogens is 3. The van der Waals surface area contributed by atoms with Crippen LogP contribution in [-0.2, 0) is 6.42 Å². The zero-order chi connectivity index (χ0) is 14.5. The molecule has 0 amide bonds. The van der Waals surface area contributed by atoms with Crippen LogP contribution >= 0.6 is 11.6 Å². The first-order chi connectivity index (χ1) is 9.54. The van der Waals surface area contributed by atoms with E-state index in [1.165, 1.54) is 6.07 Å². The van der Waals surface area contributed by atoms with E-state index in [0.29, 0.717) is 10.8 Å². The Kier molecular flexibility index (Phi) is 4.93. The molecule has 0 spiro atoms. The van der Waals surface area contributed by atoms with Crippen LogP contribution in [0.1, 0.15) is 5.56 Å². The van der Waals surface area contributed by atoms with Gasteiger partial charge in [-0.3, -0.25) is 0 Å². The van der Waals surface area contributed by atoms with E-state index < -0.39 is 17.7 Å². The normalized spacial score (nSPS) is 12.2. The number of aliphatic hydroxyl groups excluding tert-OH is 1. The Morgan fingerprint density at radius 2 is 1.95 bits per heavy atom. The molecule has 5 heteroatoms. The fraction of sp³-hybridized carbons (Fsp3) is 0.200. The van der Waals surface area contributed by atoms with Crippen LogP contribution in [0, 0.1) is 11.6 Å². The lowest BCUT2D eigenvalue weighted by molar-refractivity contribution is 0.107. The van der Waals surface area contributed by atoms with E-state index in [-0.39, 0.29) is 18.6 Å². The molecule has 0 aliphatic heterocycles. The molecule has 0 aliphatic rings. The van der Waals surface area contributed by atoms with Gasteiger partial charge in [0, 0.05) is 17.5 Å². The maximum atomic E-state index is 13.4. The van der Waals surface area contributed by atoms with Gasteiger partial charge in [-0.2, -0.15) is 0 Å². The number of hydrogen-bond donors (Lipinski definition) is 1. The molecule has 0 saturated carbocycles. The third-order valence-electron chi connectivity index (χ3n) is 2.71. The number of ether oxygens (including phenoxy) is 1. The highest BCUT2D eigenvalue weighted by atomic mass is 35.5. The average molecular weight is 299 g/mol. The van der Waals surface area contributed by atoms with Crippen LogP contribution in [-0.4, -0.2) is 17.8 Å². The summed E-state index contributed by atoms with van der Waals surface area (Å²) in [6.45, 7) is -0.00282. The molecule has 0 fully saturated rings. The smallest absolute Gasteiger partial charge is 0.129 e. The van der Waals surface area contributed by atoms with Crippen molar-refractivity contribution in [2.24, 2.45) is 0 Å². The Hall–Kier alpha value is -1.65. The second-order valence-corrected chi connectivity index (χ2v) is 4.80. The minimum absolute atomic E-state index is 0.00282. The van der Waals surface area contributed by atoms with Crippen LogP contribution in [0.3, 0.4) is 0 Å². The molecule has 0 bridgehead atoms. The predicted octanol–water partition coefficient (Wildman–Crippen LogP) is 3.60. The standard InChI is InChI=1S/C15H13ClF2O2/c16-11-2-1-3-14(7-11)20-9-13(19)6-10-4-5-12(17)8-15(10)18/h1-5,7-8,13,19H,6,9H2. The molecular weight excluding hydrogens is 286 g/mol. The van der Waals surface area contributed by atoms with Crippen LogP contribution in [0.2, 0.25) is 5.02 Å². The quantitative estimate of drug-likeness (QED) is 0.914. The summed E-state index contributed by atoms with van der Waals surface area (Å²) >= 11 is 5.80. The lowest BCUT2D eigenvalue weighted by Crippen LogP contribution is -2.20. The fourth-order valence-corrected chi connectivity index (χ4v) is 1.93. The van der Waals surface area contributed by atoms with Gasteiger partial charge in [0.1, 0.15) is 24.0 Å². The van der Waals surface area contributed by atoms with Gasteiger partial charge in [-0.15, -0.1) is 0 Å². The largest absolute Gasteiger partial charge is 0.491 e. The van der Waals surface area contributed by atoms with Crippen LogP contribution < -0.4 is 4.74 Å². The van der Waals surface area contributed by atoms with Crippen LogP contribution in [0.4, 0.5) is 8.78 Å². The molecule has 2 rings (SSSR count). The summed E-state index contributed by atoms with van der Waals surface area (Å²) in [5, 5.41) is 10.3. The van der Waals surface area contributed by atoms with E-state index in [0.717, 1.165) is 12.1 Å². The Balaban J connectivity index is 1.90. The second-order valence-electron chi connectivity index (χ2n) is 4.36. The molecule has 0 heterocycles. The summed E-state index contributed by atoms with van der Waals surface area (Å²) in [6, 6.07) is 10.0. The van der Waals surface area contributed by atoms with Crippen molar-refractivity contribution in [2.75, 3.05) is 6.61 Å². The molecule has 2 aromatic carbocycles. The van der Waals surface area contributed by atoms with Crippen molar-refractivity contribution in [3.8, 4) is 5.75 Å². The van der Waals surface area contributed by atoms with E-state index in [1.807, 2.05) is 0 Å². The minimum Gasteiger partial charge on any atom is -0.491 e. The first kappa shape index (κ1) is 14.8. The highest BCUT2D eigenvalue weighted by Gasteiger charge is 2.11. The van der Waals surface area contributed by atoms with Gasteiger partial charge in [0.25, 0.3) is 0 Å². The van der Waals surface area contributed by atoms with Crippen molar-refractivity contribution >= 4 is 11.6 Å². The summed E-state index contributed by atoms with van der Waals surface area (Å²) in [6.07, 6.45) is -0.846. The maximum Gasteiger partial charge on any atom is 0.129 e. The van der Waals surface area contributed by atoms with Gasteiger partial charge >= 0.3 is 0 Å². The molecular formula is C15H13ClF2O2. The molecule has 106 valence electrons. The summed E-state index contributed by atoms with van der Waals surface area (Å²) < 4.78 is 31.5. The third kappa shape index (κ3) is 4.18. The van der Waals surface area contributed by atoms with Crippen molar-refractivity contribution in [1.29, 1.82) is 0 Å². The summed E-state index contributed by atoms with van der Waals surface area (Å²) in [4.78, 5) is 0. The molecule has 1 unspecified atom stereocenters. The van der Waals surface area contributed by atoms with E-state index in [2.05, 4.69) is 0 Å². The minimum atomic E-state index is -0.894. The van der Waals surface area contributed by atoms with Gasteiger partial charge in [0.05, 0.1) is 6.10 Å². The highest BCUT2D eigenvalue weighted by Crippen LogP contribution is 2.18. The lowest BCUT2D eigenvalue weighted by atomic mass is 10.1. The Morgan fingerprint density at radius 3 is 2.65 bits per heavy atom. The molecule has 0 radical (unpaired) electrons. The van der Waals surface area contributed by atoms with Gasteiger partial charge in [-0.05, 0) is 29.8 Å². The monoisotopic (exact) mass is 298 g/mol. The van der Waals surface area contributed by atoms with E-state index >= 15 is 0 Å². The van der Waals surface area contributed by atoms with Crippen molar-refractivity contribution < 1.29 is 18.6 Å². The number of aliphatic hydroxyl groups is 1. The summed E-state index contributed by atoms with van der Waals surface area (Å²) in [5.74, 6) is -0.793. The average Bonchev–Trinajstić information content (AvgIpc) is 2.40. The highest BCUT2D eigenvalue weighted by molar-refractivity contribution is 6.30. The Morgan fingerprint density at radius 1 is 1.15 bits per heavy atom. The van der Waals surface area contributed by atoms with Crippen LogP contribution in [0.5, 0.6) is 5.75 Å². The van der Waals surface area contributed by atoms with Crippen molar-refractivity contribution in [1.82, 2.24) is 0 Å². The van der Waals surface area contributed by atoms with Crippen molar-refractivity contribution in [2.45, 2.75) is 12.5 Å². The second kappa shape index (κ2) is 6.68. The summed E-state index contributed by atoms with van der Waals surface area (Å²) in [5.41, 5.74) is 0.244. The zero-order valence-corrected chi connectivity index (χ0v) is 11.3. The molecule has 0 saturated heterocycles. The fourth-order valence-electron chi connectivity index (χ4n) is 1.75. The van der Waals surface area contributed by atoms with Gasteiger partial charge in [-0.25, -0.2) is 8.78 Å². The first-order valence-electron chi connectivity index (χ1n) is 6.05. The molecule has 0 aliphatic carbocycles. The molecule has 1 N–H and O–H groups in total. The topological polar surface area (TPSA) is 29.5 Å². The SMILES string of the molecule is OC(COc1cccc(Cl)c1)Cc1ccc(F)cc1F.